The first-order valence-corrected chi connectivity index (χ1v) is 11.9. The van der Waals surface area contributed by atoms with E-state index in [1.54, 1.807) is 36.7 Å². The van der Waals surface area contributed by atoms with Gasteiger partial charge in [0.1, 0.15) is 5.82 Å². The number of nitrogens with one attached hydrogen (secondary N) is 1. The first-order valence-electron chi connectivity index (χ1n) is 11.9. The van der Waals surface area contributed by atoms with E-state index in [9.17, 15) is 14.7 Å². The van der Waals surface area contributed by atoms with Gasteiger partial charge in [-0.3, -0.25) is 14.8 Å². The first kappa shape index (κ1) is 22.7. The van der Waals surface area contributed by atoms with Crippen molar-refractivity contribution in [1.82, 2.24) is 24.8 Å². The summed E-state index contributed by atoms with van der Waals surface area (Å²) in [6, 6.07) is 12.8. The van der Waals surface area contributed by atoms with Crippen LogP contribution in [-0.4, -0.2) is 36.5 Å². The fraction of sp³-hybridized carbons (Fsp3) is 0.296. The number of imidazole rings is 1. The number of aromatic nitrogens is 4. The largest absolute Gasteiger partial charge is 0.478 e. The zero-order valence-corrected chi connectivity index (χ0v) is 19.6. The molecule has 2 aromatic heterocycles. The second-order valence-corrected chi connectivity index (χ2v) is 9.02. The maximum Gasteiger partial charge on any atom is 0.335 e. The van der Waals surface area contributed by atoms with Crippen molar-refractivity contribution in [2.24, 2.45) is 0 Å². The highest BCUT2D eigenvalue weighted by Gasteiger charge is 2.23. The molecule has 0 unspecified atom stereocenters. The molecule has 0 radical (unpaired) electrons. The lowest BCUT2D eigenvalue weighted by Gasteiger charge is -2.25. The van der Waals surface area contributed by atoms with E-state index < -0.39 is 5.97 Å². The van der Waals surface area contributed by atoms with Gasteiger partial charge in [0.2, 0.25) is 0 Å². The number of carbonyl (C=O) groups is 2. The Kier molecular flexibility index (Phi) is 6.27. The Morgan fingerprint density at radius 3 is 2.43 bits per heavy atom. The lowest BCUT2D eigenvalue weighted by Crippen LogP contribution is -2.23. The topological polar surface area (TPSA) is 110 Å². The lowest BCUT2D eigenvalue weighted by atomic mass is 9.94. The van der Waals surface area contributed by atoms with E-state index in [-0.39, 0.29) is 11.5 Å². The van der Waals surface area contributed by atoms with Crippen LogP contribution in [0.25, 0.3) is 22.4 Å². The third kappa shape index (κ3) is 4.77. The second kappa shape index (κ2) is 9.66. The summed E-state index contributed by atoms with van der Waals surface area (Å²) in [5, 5.41) is 12.3. The highest BCUT2D eigenvalue weighted by Crippen LogP contribution is 2.36. The number of benzene rings is 2. The first-order chi connectivity index (χ1) is 17.0. The van der Waals surface area contributed by atoms with Crippen LogP contribution in [0.2, 0.25) is 0 Å². The third-order valence-corrected chi connectivity index (χ3v) is 6.55. The van der Waals surface area contributed by atoms with Crippen molar-refractivity contribution in [2.45, 2.75) is 51.6 Å². The summed E-state index contributed by atoms with van der Waals surface area (Å²) in [5.74, 6) is -0.352. The van der Waals surface area contributed by atoms with Crippen LogP contribution in [0.1, 0.15) is 70.2 Å². The summed E-state index contributed by atoms with van der Waals surface area (Å²) in [7, 11) is 0. The summed E-state index contributed by atoms with van der Waals surface area (Å²) in [6.45, 7) is 2.17. The zero-order chi connectivity index (χ0) is 24.4. The van der Waals surface area contributed by atoms with Crippen molar-refractivity contribution in [2.75, 3.05) is 0 Å². The molecule has 1 fully saturated rings. The predicted molar refractivity (Wildman–Crippen MR) is 132 cm³/mol. The molecule has 0 aliphatic heterocycles. The molecule has 8 nitrogen and oxygen atoms in total. The fourth-order valence-corrected chi connectivity index (χ4v) is 4.70. The molecule has 4 aromatic rings. The molecule has 1 amide bonds. The molecule has 1 aliphatic rings. The number of aryl methyl sites for hydroxylation is 1. The number of amides is 1. The number of rotatable bonds is 6. The van der Waals surface area contributed by atoms with E-state index in [4.69, 9.17) is 4.98 Å². The second-order valence-electron chi connectivity index (χ2n) is 9.02. The Labute approximate surface area is 203 Å². The van der Waals surface area contributed by atoms with Gasteiger partial charge in [-0.25, -0.2) is 9.78 Å². The summed E-state index contributed by atoms with van der Waals surface area (Å²) in [4.78, 5) is 37.4. The van der Waals surface area contributed by atoms with Crippen LogP contribution in [0.4, 0.5) is 0 Å². The molecule has 1 saturated carbocycles. The molecule has 2 heterocycles. The van der Waals surface area contributed by atoms with E-state index in [0.29, 0.717) is 29.4 Å². The zero-order valence-electron chi connectivity index (χ0n) is 19.6. The average molecular weight is 470 g/mol. The summed E-state index contributed by atoms with van der Waals surface area (Å²) < 4.78 is 2.26. The molecule has 0 atom stereocenters. The molecule has 35 heavy (non-hydrogen) atoms. The maximum absolute atomic E-state index is 12.7. The van der Waals surface area contributed by atoms with Crippen LogP contribution in [0.3, 0.4) is 0 Å². The van der Waals surface area contributed by atoms with Crippen LogP contribution in [0.5, 0.6) is 0 Å². The van der Waals surface area contributed by atoms with Crippen molar-refractivity contribution in [3.05, 3.63) is 77.4 Å². The average Bonchev–Trinajstić information content (AvgIpc) is 3.27. The minimum atomic E-state index is -0.965. The van der Waals surface area contributed by atoms with Gasteiger partial charge in [-0.2, -0.15) is 0 Å². The number of hydrogen-bond acceptors (Lipinski definition) is 5. The molecule has 0 spiro atoms. The van der Waals surface area contributed by atoms with Crippen molar-refractivity contribution >= 4 is 22.9 Å². The Bertz CT molecular complexity index is 1370. The Balaban J connectivity index is 1.43. The normalized spacial score (nSPS) is 14.2. The molecule has 8 heteroatoms. The molecule has 1 aliphatic carbocycles. The Morgan fingerprint density at radius 1 is 1.00 bits per heavy atom. The van der Waals surface area contributed by atoms with E-state index in [1.807, 2.05) is 25.1 Å². The SMILES string of the molecule is Cc1cnc(CNC(=O)c2ccc(-c3nc4cc(C(=O)O)ccc4n3C3CCCCC3)cc2)cn1. The van der Waals surface area contributed by atoms with Crippen LogP contribution in [0.15, 0.2) is 54.9 Å². The van der Waals surface area contributed by atoms with E-state index in [2.05, 4.69) is 19.9 Å². The van der Waals surface area contributed by atoms with E-state index in [0.717, 1.165) is 35.4 Å². The Morgan fingerprint density at radius 2 is 1.74 bits per heavy atom. The van der Waals surface area contributed by atoms with Crippen LogP contribution in [0, 0.1) is 6.92 Å². The molecule has 0 saturated heterocycles. The van der Waals surface area contributed by atoms with Crippen molar-refractivity contribution in [3.8, 4) is 11.4 Å². The summed E-state index contributed by atoms with van der Waals surface area (Å²) in [5.41, 5.74) is 4.80. The van der Waals surface area contributed by atoms with Gasteiger partial charge in [-0.15, -0.1) is 0 Å². The van der Waals surface area contributed by atoms with Gasteiger partial charge >= 0.3 is 5.97 Å². The van der Waals surface area contributed by atoms with Crippen molar-refractivity contribution in [3.63, 3.8) is 0 Å². The van der Waals surface area contributed by atoms with Gasteiger partial charge in [0.15, 0.2) is 0 Å². The van der Waals surface area contributed by atoms with Crippen molar-refractivity contribution < 1.29 is 14.7 Å². The maximum atomic E-state index is 12.7. The molecular formula is C27H27N5O3. The third-order valence-electron chi connectivity index (χ3n) is 6.55. The molecule has 2 N–H and O–H groups in total. The van der Waals surface area contributed by atoms with E-state index >= 15 is 0 Å². The standard InChI is InChI=1S/C27H27N5O3/c1-17-14-29-21(15-28-17)16-30-26(33)19-9-7-18(8-10-19)25-31-23-13-20(27(34)35)11-12-24(23)32(25)22-5-3-2-4-6-22/h7-15,22H,2-6,16H2,1H3,(H,30,33)(H,34,35). The highest BCUT2D eigenvalue weighted by atomic mass is 16.4. The molecule has 2 aromatic carbocycles. The minimum Gasteiger partial charge on any atom is -0.478 e. The van der Waals surface area contributed by atoms with Gasteiger partial charge in [-0.1, -0.05) is 31.4 Å². The number of carbonyl (C=O) groups excluding carboxylic acids is 1. The van der Waals surface area contributed by atoms with Crippen LogP contribution >= 0.6 is 0 Å². The summed E-state index contributed by atoms with van der Waals surface area (Å²) >= 11 is 0. The summed E-state index contributed by atoms with van der Waals surface area (Å²) in [6.07, 6.45) is 9.05. The van der Waals surface area contributed by atoms with Gasteiger partial charge in [-0.05, 0) is 50.1 Å². The number of nitrogens with zero attached hydrogens (tertiary/aromatic N) is 4. The molecule has 178 valence electrons. The number of aromatic carboxylic acids is 1. The van der Waals surface area contributed by atoms with Gasteiger partial charge < -0.3 is 15.0 Å². The smallest absolute Gasteiger partial charge is 0.335 e. The Hall–Kier alpha value is -4.07. The fourth-order valence-electron chi connectivity index (χ4n) is 4.70. The number of carboxylic acids is 1. The predicted octanol–water partition coefficient (Wildman–Crippen LogP) is 4.94. The quantitative estimate of drug-likeness (QED) is 0.414. The van der Waals surface area contributed by atoms with Crippen molar-refractivity contribution in [1.29, 1.82) is 0 Å². The monoisotopic (exact) mass is 469 g/mol. The lowest BCUT2D eigenvalue weighted by molar-refractivity contribution is 0.0696. The van der Waals surface area contributed by atoms with Crippen LogP contribution < -0.4 is 5.32 Å². The minimum absolute atomic E-state index is 0.189. The van der Waals surface area contributed by atoms with Gasteiger partial charge in [0.25, 0.3) is 5.91 Å². The molecular weight excluding hydrogens is 442 g/mol. The number of fused-ring (bicyclic) bond motifs is 1. The van der Waals surface area contributed by atoms with Gasteiger partial charge in [0, 0.05) is 23.4 Å². The molecule has 0 bridgehead atoms. The highest BCUT2D eigenvalue weighted by molar-refractivity contribution is 5.95. The number of hydrogen-bond donors (Lipinski definition) is 2. The van der Waals surface area contributed by atoms with E-state index in [1.165, 1.54) is 19.3 Å². The number of carboxylic acid groups (broad SMARTS) is 1. The van der Waals surface area contributed by atoms with Crippen LogP contribution in [-0.2, 0) is 6.54 Å². The van der Waals surface area contributed by atoms with Gasteiger partial charge in [0.05, 0.1) is 40.7 Å². The molecule has 5 rings (SSSR count).